The molecule has 1 saturated heterocycles. The number of nitrogens with zero attached hydrogens (tertiary/aromatic N) is 5. The number of hydrogen-bond donors (Lipinski definition) is 2. The summed E-state index contributed by atoms with van der Waals surface area (Å²) < 4.78 is 39.4. The fourth-order valence-corrected chi connectivity index (χ4v) is 4.62. The second kappa shape index (κ2) is 9.98. The number of alkyl halides is 2. The monoisotopic (exact) mass is 501 g/mol. The second-order valence-electron chi connectivity index (χ2n) is 7.66. The van der Waals surface area contributed by atoms with Gasteiger partial charge >= 0.3 is 6.61 Å². The minimum atomic E-state index is -3.03. The number of carbonyl (C=O) groups excluding carboxylic acids is 1. The lowest BCUT2D eigenvalue weighted by molar-refractivity contribution is -0.0494. The van der Waals surface area contributed by atoms with Gasteiger partial charge in [0.2, 0.25) is 0 Å². The smallest absolute Gasteiger partial charge is 0.387 e. The van der Waals surface area contributed by atoms with Crippen molar-refractivity contribution >= 4 is 29.0 Å². The first-order valence-electron chi connectivity index (χ1n) is 10.7. The lowest BCUT2D eigenvalue weighted by Gasteiger charge is -2.25. The van der Waals surface area contributed by atoms with Crippen molar-refractivity contribution in [2.45, 2.75) is 23.3 Å². The number of amides is 1. The van der Waals surface area contributed by atoms with E-state index in [9.17, 15) is 13.6 Å². The first-order valence-corrected chi connectivity index (χ1v) is 11.6. The van der Waals surface area contributed by atoms with Crippen LogP contribution in [0.2, 0.25) is 0 Å². The number of aromatic nitrogens is 5. The fraction of sp³-hybridized carbons (Fsp3) is 0.273. The molecule has 0 aliphatic carbocycles. The summed E-state index contributed by atoms with van der Waals surface area (Å²) in [6.07, 6.45) is 6.24. The molecule has 1 fully saturated rings. The number of hydrogen-bond acceptors (Lipinski definition) is 8. The Morgan fingerprint density at radius 3 is 2.97 bits per heavy atom. The molecule has 4 aromatic rings. The van der Waals surface area contributed by atoms with Crippen molar-refractivity contribution in [3.63, 3.8) is 0 Å². The number of nitrogens with one attached hydrogen (secondary N) is 1. The largest absolute Gasteiger partial charge is 0.434 e. The number of ether oxygens (including phenoxy) is 2. The van der Waals surface area contributed by atoms with E-state index in [4.69, 9.17) is 15.2 Å². The summed E-state index contributed by atoms with van der Waals surface area (Å²) in [7, 11) is 0. The Morgan fingerprint density at radius 2 is 2.23 bits per heavy atom. The Morgan fingerprint density at radius 1 is 1.37 bits per heavy atom. The second-order valence-corrected chi connectivity index (χ2v) is 9.03. The number of nitrogens with two attached hydrogens (primary N) is 1. The molecular formula is C22H21F2N7O3S. The molecular weight excluding hydrogens is 480 g/mol. The molecule has 182 valence electrons. The van der Waals surface area contributed by atoms with Gasteiger partial charge in [0.15, 0.2) is 5.65 Å². The van der Waals surface area contributed by atoms with Crippen LogP contribution in [0.3, 0.4) is 0 Å². The Kier molecular flexibility index (Phi) is 6.61. The van der Waals surface area contributed by atoms with Crippen LogP contribution < -0.4 is 15.8 Å². The zero-order chi connectivity index (χ0) is 24.4. The molecule has 5 rings (SSSR count). The highest BCUT2D eigenvalue weighted by Crippen LogP contribution is 2.39. The third-order valence-corrected chi connectivity index (χ3v) is 6.36. The van der Waals surface area contributed by atoms with E-state index in [0.29, 0.717) is 43.2 Å². The van der Waals surface area contributed by atoms with Crippen LogP contribution in [-0.2, 0) is 11.3 Å². The third-order valence-electron chi connectivity index (χ3n) is 5.22. The minimum Gasteiger partial charge on any atom is -0.434 e. The van der Waals surface area contributed by atoms with Crippen molar-refractivity contribution in [1.82, 2.24) is 24.4 Å². The zero-order valence-electron chi connectivity index (χ0n) is 18.3. The van der Waals surface area contributed by atoms with Crippen molar-refractivity contribution in [3.05, 3.63) is 54.6 Å². The van der Waals surface area contributed by atoms with E-state index >= 15 is 0 Å². The molecule has 0 spiro atoms. The molecule has 13 heteroatoms. The summed E-state index contributed by atoms with van der Waals surface area (Å²) in [6, 6.07) is 6.61. The van der Waals surface area contributed by atoms with Gasteiger partial charge in [0.1, 0.15) is 17.0 Å². The van der Waals surface area contributed by atoms with Gasteiger partial charge in [-0.15, -0.1) is 11.8 Å². The standard InChI is InChI=1S/C22H21F2N7O3S/c23-22(24)34-18-3-2-13(35-14-11-33-12-14)8-15(18)19-17(10-30(29-19)7-4-25)28-21(32)16-9-27-31-6-1-5-26-20(16)31/h1-3,5-6,8-10,14,22H,4,7,11-12,25H2,(H,28,32). The SMILES string of the molecule is NCCn1cc(NC(=O)c2cnn3cccnc23)c(-c2cc(SC3COC3)ccc2OC(F)F)n1. The van der Waals surface area contributed by atoms with Gasteiger partial charge in [-0.1, -0.05) is 0 Å². The summed E-state index contributed by atoms with van der Waals surface area (Å²) in [5.74, 6) is -0.527. The van der Waals surface area contributed by atoms with Crippen LogP contribution in [0.15, 0.2) is 53.9 Å². The molecule has 3 N–H and O–H groups in total. The van der Waals surface area contributed by atoms with E-state index in [2.05, 4.69) is 20.5 Å². The maximum absolute atomic E-state index is 13.2. The van der Waals surface area contributed by atoms with Gasteiger partial charge in [0.05, 0.1) is 36.9 Å². The number of benzene rings is 1. The van der Waals surface area contributed by atoms with E-state index in [1.807, 2.05) is 0 Å². The molecule has 10 nitrogen and oxygen atoms in total. The maximum Gasteiger partial charge on any atom is 0.387 e. The normalized spacial score (nSPS) is 13.8. The number of fused-ring (bicyclic) bond motifs is 1. The van der Waals surface area contributed by atoms with Crippen LogP contribution in [0.5, 0.6) is 5.75 Å². The van der Waals surface area contributed by atoms with Crippen LogP contribution in [0, 0.1) is 0 Å². The van der Waals surface area contributed by atoms with Gasteiger partial charge < -0.3 is 20.5 Å². The molecule has 0 atom stereocenters. The van der Waals surface area contributed by atoms with Gasteiger partial charge in [-0.2, -0.15) is 19.0 Å². The number of thioether (sulfide) groups is 1. The highest BCUT2D eigenvalue weighted by molar-refractivity contribution is 8.00. The average molecular weight is 502 g/mol. The van der Waals surface area contributed by atoms with E-state index in [0.717, 1.165) is 4.90 Å². The Labute approximate surface area is 202 Å². The van der Waals surface area contributed by atoms with Gasteiger partial charge in [-0.05, 0) is 24.3 Å². The summed E-state index contributed by atoms with van der Waals surface area (Å²) in [4.78, 5) is 18.2. The van der Waals surface area contributed by atoms with Crippen LogP contribution in [0.1, 0.15) is 10.4 Å². The molecule has 4 heterocycles. The molecule has 0 unspecified atom stereocenters. The molecule has 1 aliphatic heterocycles. The van der Waals surface area contributed by atoms with E-state index in [-0.39, 0.29) is 22.3 Å². The summed E-state index contributed by atoms with van der Waals surface area (Å²) >= 11 is 1.57. The lowest BCUT2D eigenvalue weighted by Crippen LogP contribution is -2.29. The van der Waals surface area contributed by atoms with E-state index < -0.39 is 12.5 Å². The molecule has 1 aliphatic rings. The van der Waals surface area contributed by atoms with Crippen molar-refractivity contribution in [2.24, 2.45) is 5.73 Å². The Hall–Kier alpha value is -3.55. The van der Waals surface area contributed by atoms with Crippen LogP contribution in [-0.4, -0.2) is 61.9 Å². The topological polar surface area (TPSA) is 122 Å². The van der Waals surface area contributed by atoms with Gasteiger partial charge in [0, 0.05) is 35.6 Å². The maximum atomic E-state index is 13.2. The lowest BCUT2D eigenvalue weighted by atomic mass is 10.1. The predicted molar refractivity (Wildman–Crippen MR) is 125 cm³/mol. The van der Waals surface area contributed by atoms with Crippen LogP contribution >= 0.6 is 11.8 Å². The zero-order valence-corrected chi connectivity index (χ0v) is 19.1. The molecule has 35 heavy (non-hydrogen) atoms. The predicted octanol–water partition coefficient (Wildman–Crippen LogP) is 2.90. The van der Waals surface area contributed by atoms with Crippen molar-refractivity contribution in [3.8, 4) is 17.0 Å². The van der Waals surface area contributed by atoms with Gasteiger partial charge in [0.25, 0.3) is 5.91 Å². The van der Waals surface area contributed by atoms with Crippen molar-refractivity contribution in [2.75, 3.05) is 25.1 Å². The van der Waals surface area contributed by atoms with E-state index in [1.165, 1.54) is 16.8 Å². The Balaban J connectivity index is 1.53. The quantitative estimate of drug-likeness (QED) is 0.359. The first-order chi connectivity index (χ1) is 17.0. The van der Waals surface area contributed by atoms with Crippen LogP contribution in [0.4, 0.5) is 14.5 Å². The third kappa shape index (κ3) is 4.97. The highest BCUT2D eigenvalue weighted by atomic mass is 32.2. The van der Waals surface area contributed by atoms with Crippen molar-refractivity contribution in [1.29, 1.82) is 0 Å². The average Bonchev–Trinajstić information content (AvgIpc) is 3.41. The number of rotatable bonds is 9. The summed E-state index contributed by atoms with van der Waals surface area (Å²) in [6.45, 7) is -1.13. The number of halogens is 2. The van der Waals surface area contributed by atoms with Gasteiger partial charge in [-0.3, -0.25) is 9.48 Å². The number of anilines is 1. The molecule has 0 radical (unpaired) electrons. The summed E-state index contributed by atoms with van der Waals surface area (Å²) in [5, 5.41) is 11.8. The molecule has 1 aromatic carbocycles. The molecule has 0 bridgehead atoms. The molecule has 1 amide bonds. The first kappa shape index (κ1) is 23.2. The highest BCUT2D eigenvalue weighted by Gasteiger charge is 2.24. The van der Waals surface area contributed by atoms with Gasteiger partial charge in [-0.25, -0.2) is 9.50 Å². The number of carbonyl (C=O) groups is 1. The van der Waals surface area contributed by atoms with Crippen molar-refractivity contribution < 1.29 is 23.0 Å². The fourth-order valence-electron chi connectivity index (χ4n) is 3.58. The molecule has 0 saturated carbocycles. The minimum absolute atomic E-state index is 0.0552. The summed E-state index contributed by atoms with van der Waals surface area (Å²) in [5.41, 5.74) is 7.23. The van der Waals surface area contributed by atoms with Crippen LogP contribution in [0.25, 0.3) is 16.9 Å². The van der Waals surface area contributed by atoms with E-state index in [1.54, 1.807) is 53.2 Å². The Bertz CT molecular complexity index is 1360. The molecule has 3 aromatic heterocycles.